The minimum absolute atomic E-state index is 0.182. The second kappa shape index (κ2) is 11.9. The number of esters is 1. The Kier molecular flexibility index (Phi) is 9.33. The Labute approximate surface area is 187 Å². The lowest BCUT2D eigenvalue weighted by Gasteiger charge is -2.13. The van der Waals surface area contributed by atoms with Crippen molar-refractivity contribution >= 4 is 17.2 Å². The lowest BCUT2D eigenvalue weighted by molar-refractivity contribution is -0.140. The van der Waals surface area contributed by atoms with E-state index < -0.39 is 0 Å². The van der Waals surface area contributed by atoms with Crippen LogP contribution in [0.5, 0.6) is 0 Å². The molecule has 3 nitrogen and oxygen atoms in total. The van der Waals surface area contributed by atoms with Crippen molar-refractivity contribution in [1.82, 2.24) is 0 Å². The molecular formula is C28H35NO2. The fraction of sp³-hybridized carbons (Fsp3) is 0.321. The van der Waals surface area contributed by atoms with E-state index >= 15 is 0 Å². The number of nitrogens with one attached hydrogen (secondary N) is 1. The van der Waals surface area contributed by atoms with Crippen molar-refractivity contribution in [3.8, 4) is 0 Å². The standard InChI is InChI=1S/C28H35NO2/c1-7-23(18-25(8-2)28-20(4)11-10-12-21(28)5)13-14-24-15-16-26(22(6)17-24)29-19-27(30)31-9-3/h7-8,10-12,15-18,29H,1,9,13-14,19H2,2-6H3/b23-18+,25-8+. The summed E-state index contributed by atoms with van der Waals surface area (Å²) in [7, 11) is 0. The van der Waals surface area contributed by atoms with E-state index in [1.807, 2.05) is 19.1 Å². The maximum Gasteiger partial charge on any atom is 0.325 e. The van der Waals surface area contributed by atoms with Crippen LogP contribution in [0.25, 0.3) is 5.57 Å². The summed E-state index contributed by atoms with van der Waals surface area (Å²) in [6.45, 7) is 14.9. The molecule has 2 rings (SSSR count). The van der Waals surface area contributed by atoms with Crippen LogP contribution in [0, 0.1) is 20.8 Å². The Morgan fingerprint density at radius 3 is 2.39 bits per heavy atom. The van der Waals surface area contributed by atoms with Crippen LogP contribution >= 0.6 is 0 Å². The van der Waals surface area contributed by atoms with Crippen LogP contribution in [0.4, 0.5) is 5.69 Å². The first-order chi connectivity index (χ1) is 14.9. The summed E-state index contributed by atoms with van der Waals surface area (Å²) in [5.74, 6) is -0.240. The van der Waals surface area contributed by atoms with Crippen LogP contribution in [-0.4, -0.2) is 19.1 Å². The molecule has 0 aliphatic heterocycles. The monoisotopic (exact) mass is 417 g/mol. The number of carbonyl (C=O) groups excluding carboxylic acids is 1. The minimum Gasteiger partial charge on any atom is -0.465 e. The summed E-state index contributed by atoms with van der Waals surface area (Å²) < 4.78 is 4.97. The number of benzene rings is 2. The molecule has 0 saturated carbocycles. The van der Waals surface area contributed by atoms with Crippen LogP contribution < -0.4 is 5.32 Å². The van der Waals surface area contributed by atoms with Crippen LogP contribution in [0.2, 0.25) is 0 Å². The Hall–Kier alpha value is -3.07. The highest BCUT2D eigenvalue weighted by atomic mass is 16.5. The third kappa shape index (κ3) is 6.99. The number of rotatable bonds is 10. The predicted molar refractivity (Wildman–Crippen MR) is 132 cm³/mol. The largest absolute Gasteiger partial charge is 0.465 e. The fourth-order valence-corrected chi connectivity index (χ4v) is 3.75. The summed E-state index contributed by atoms with van der Waals surface area (Å²) in [6, 6.07) is 12.8. The molecule has 0 bridgehead atoms. The van der Waals surface area contributed by atoms with Gasteiger partial charge in [-0.25, -0.2) is 0 Å². The maximum absolute atomic E-state index is 11.6. The average molecular weight is 418 g/mol. The zero-order valence-corrected chi connectivity index (χ0v) is 19.5. The van der Waals surface area contributed by atoms with Crippen LogP contribution in [0.15, 0.2) is 66.8 Å². The highest BCUT2D eigenvalue weighted by molar-refractivity contribution is 5.79. The number of allylic oxidation sites excluding steroid dienone is 5. The molecule has 3 heteroatoms. The van der Waals surface area contributed by atoms with Gasteiger partial charge in [-0.3, -0.25) is 4.79 Å². The van der Waals surface area contributed by atoms with E-state index in [2.05, 4.69) is 82.1 Å². The first-order valence-electron chi connectivity index (χ1n) is 10.9. The SMILES string of the molecule is C=C/C(=C\C(=C/C)c1c(C)cccc1C)CCc1ccc(NCC(=O)OCC)c(C)c1. The lowest BCUT2D eigenvalue weighted by atomic mass is 9.92. The highest BCUT2D eigenvalue weighted by Crippen LogP contribution is 2.26. The van der Waals surface area contributed by atoms with E-state index in [4.69, 9.17) is 4.74 Å². The minimum atomic E-state index is -0.240. The van der Waals surface area contributed by atoms with E-state index in [9.17, 15) is 4.79 Å². The van der Waals surface area contributed by atoms with Gasteiger partial charge in [0.1, 0.15) is 6.54 Å². The van der Waals surface area contributed by atoms with Gasteiger partial charge in [0.2, 0.25) is 0 Å². The van der Waals surface area contributed by atoms with Gasteiger partial charge in [0.05, 0.1) is 6.61 Å². The van der Waals surface area contributed by atoms with E-state index in [0.717, 1.165) is 24.1 Å². The zero-order valence-electron chi connectivity index (χ0n) is 19.5. The first-order valence-corrected chi connectivity index (χ1v) is 10.9. The van der Waals surface area contributed by atoms with Gasteiger partial charge in [-0.2, -0.15) is 0 Å². The van der Waals surface area contributed by atoms with Gasteiger partial charge in [0.25, 0.3) is 0 Å². The molecular weight excluding hydrogens is 382 g/mol. The molecule has 1 N–H and O–H groups in total. The van der Waals surface area contributed by atoms with Crippen molar-refractivity contribution in [2.75, 3.05) is 18.5 Å². The van der Waals surface area contributed by atoms with Gasteiger partial charge in [-0.15, -0.1) is 0 Å². The number of aryl methyl sites for hydroxylation is 4. The predicted octanol–water partition coefficient (Wildman–Crippen LogP) is 6.74. The molecule has 0 unspecified atom stereocenters. The van der Waals surface area contributed by atoms with Gasteiger partial charge in [-0.05, 0) is 92.5 Å². The lowest BCUT2D eigenvalue weighted by Crippen LogP contribution is -2.17. The number of hydrogen-bond acceptors (Lipinski definition) is 3. The second-order valence-corrected chi connectivity index (χ2v) is 7.74. The molecule has 164 valence electrons. The molecule has 0 saturated heterocycles. The van der Waals surface area contributed by atoms with Crippen LogP contribution in [-0.2, 0) is 16.0 Å². The normalized spacial score (nSPS) is 11.9. The molecule has 0 amide bonds. The Balaban J connectivity index is 2.09. The molecule has 0 aliphatic carbocycles. The zero-order chi connectivity index (χ0) is 22.8. The highest BCUT2D eigenvalue weighted by Gasteiger charge is 2.08. The molecule has 0 heterocycles. The number of anilines is 1. The van der Waals surface area contributed by atoms with Crippen LogP contribution in [0.1, 0.15) is 48.1 Å². The Bertz CT molecular complexity index is 962. The average Bonchev–Trinajstić information content (AvgIpc) is 2.74. The van der Waals surface area contributed by atoms with Gasteiger partial charge in [0, 0.05) is 5.69 Å². The first kappa shape index (κ1) is 24.2. The molecule has 2 aromatic rings. The number of hydrogen-bond donors (Lipinski definition) is 1. The van der Waals surface area contributed by atoms with Crippen molar-refractivity contribution in [3.05, 3.63) is 94.6 Å². The fourth-order valence-electron chi connectivity index (χ4n) is 3.75. The topological polar surface area (TPSA) is 38.3 Å². The summed E-state index contributed by atoms with van der Waals surface area (Å²) in [5.41, 5.74) is 9.68. The van der Waals surface area contributed by atoms with Crippen LogP contribution in [0.3, 0.4) is 0 Å². The quantitative estimate of drug-likeness (QED) is 0.344. The van der Waals surface area contributed by atoms with Crippen molar-refractivity contribution in [3.63, 3.8) is 0 Å². The van der Waals surface area contributed by atoms with Gasteiger partial charge in [0.15, 0.2) is 0 Å². The Morgan fingerprint density at radius 2 is 1.81 bits per heavy atom. The second-order valence-electron chi connectivity index (χ2n) is 7.74. The van der Waals surface area contributed by atoms with E-state index in [0.29, 0.717) is 6.61 Å². The molecule has 0 aliphatic rings. The van der Waals surface area contributed by atoms with Gasteiger partial charge < -0.3 is 10.1 Å². The van der Waals surface area contributed by atoms with Crippen molar-refractivity contribution in [2.24, 2.45) is 0 Å². The van der Waals surface area contributed by atoms with Crippen molar-refractivity contribution in [1.29, 1.82) is 0 Å². The van der Waals surface area contributed by atoms with Crippen molar-refractivity contribution in [2.45, 2.75) is 47.5 Å². The third-order valence-electron chi connectivity index (χ3n) is 5.41. The number of carbonyl (C=O) groups is 1. The molecule has 0 aromatic heterocycles. The Morgan fingerprint density at radius 1 is 1.10 bits per heavy atom. The smallest absolute Gasteiger partial charge is 0.325 e. The van der Waals surface area contributed by atoms with E-state index in [1.165, 1.54) is 33.4 Å². The molecule has 0 radical (unpaired) electrons. The summed E-state index contributed by atoms with van der Waals surface area (Å²) >= 11 is 0. The molecule has 0 spiro atoms. The maximum atomic E-state index is 11.6. The molecule has 2 aromatic carbocycles. The third-order valence-corrected chi connectivity index (χ3v) is 5.41. The molecule has 0 fully saturated rings. The molecule has 0 atom stereocenters. The van der Waals surface area contributed by atoms with Gasteiger partial charge >= 0.3 is 5.97 Å². The molecule has 31 heavy (non-hydrogen) atoms. The summed E-state index contributed by atoms with van der Waals surface area (Å²) in [5, 5.41) is 3.15. The van der Waals surface area contributed by atoms with Crippen molar-refractivity contribution < 1.29 is 9.53 Å². The van der Waals surface area contributed by atoms with Gasteiger partial charge in [-0.1, -0.05) is 55.1 Å². The summed E-state index contributed by atoms with van der Waals surface area (Å²) in [4.78, 5) is 11.6. The van der Waals surface area contributed by atoms with E-state index in [1.54, 1.807) is 0 Å². The summed E-state index contributed by atoms with van der Waals surface area (Å²) in [6.07, 6.45) is 8.23. The van der Waals surface area contributed by atoms with E-state index in [-0.39, 0.29) is 12.5 Å². The number of ether oxygens (including phenoxy) is 1.